The summed E-state index contributed by atoms with van der Waals surface area (Å²) in [5, 5.41) is 0. The first-order chi connectivity index (χ1) is 6.70. The topological polar surface area (TPSA) is 9.23 Å². The zero-order valence-electron chi connectivity index (χ0n) is 8.59. The number of ether oxygens (including phenoxy) is 1. The fraction of sp³-hybridized carbons (Fsp3) is 0.455. The average Bonchev–Trinajstić information content (AvgIpc) is 2.15. The van der Waals surface area contributed by atoms with Gasteiger partial charge in [0.1, 0.15) is 11.6 Å². The van der Waals surface area contributed by atoms with E-state index in [4.69, 9.17) is 4.74 Å². The lowest BCUT2D eigenvalue weighted by atomic mass is 10.3. The van der Waals surface area contributed by atoms with Crippen LogP contribution < -0.4 is 0 Å². The van der Waals surface area contributed by atoms with Gasteiger partial charge in [-0.2, -0.15) is 0 Å². The van der Waals surface area contributed by atoms with Crippen LogP contribution in [0.15, 0.2) is 24.3 Å². The predicted molar refractivity (Wildman–Crippen MR) is 53.1 cm³/mol. The maximum Gasteiger partial charge on any atom is 0.126 e. The van der Waals surface area contributed by atoms with E-state index < -0.39 is 11.6 Å². The van der Waals surface area contributed by atoms with E-state index in [2.05, 4.69) is 6.92 Å². The summed E-state index contributed by atoms with van der Waals surface area (Å²) in [4.78, 5) is 0. The summed E-state index contributed by atoms with van der Waals surface area (Å²) in [6, 6.07) is 4.55. The minimum atomic E-state index is -0.537. The summed E-state index contributed by atoms with van der Waals surface area (Å²) in [6.45, 7) is 3.07. The van der Waals surface area contributed by atoms with E-state index in [9.17, 15) is 8.78 Å². The van der Waals surface area contributed by atoms with E-state index in [1.165, 1.54) is 31.0 Å². The molecule has 1 aromatic rings. The second kappa shape index (κ2) is 8.63. The molecule has 0 bridgehead atoms. The normalized spacial score (nSPS) is 9.14. The minimum Gasteiger partial charge on any atom is -0.385 e. The van der Waals surface area contributed by atoms with Crippen molar-refractivity contribution in [3.05, 3.63) is 35.9 Å². The minimum absolute atomic E-state index is 0.537. The molecular weight excluding hydrogens is 186 g/mol. The largest absolute Gasteiger partial charge is 0.385 e. The quantitative estimate of drug-likeness (QED) is 0.682. The number of methoxy groups -OCH3 is 1. The van der Waals surface area contributed by atoms with Crippen molar-refractivity contribution in [3.63, 3.8) is 0 Å². The molecule has 0 saturated carbocycles. The highest BCUT2D eigenvalue weighted by atomic mass is 19.1. The lowest BCUT2D eigenvalue weighted by Crippen LogP contribution is -1.84. The van der Waals surface area contributed by atoms with Crippen LogP contribution in [0, 0.1) is 11.6 Å². The number of benzene rings is 1. The molecule has 0 radical (unpaired) electrons. The highest BCUT2D eigenvalue weighted by molar-refractivity contribution is 5.04. The Hall–Kier alpha value is -0.960. The van der Waals surface area contributed by atoms with Crippen LogP contribution in [0.25, 0.3) is 0 Å². The summed E-state index contributed by atoms with van der Waals surface area (Å²) >= 11 is 0. The van der Waals surface area contributed by atoms with Gasteiger partial charge in [-0.1, -0.05) is 19.4 Å². The third-order valence-electron chi connectivity index (χ3n) is 1.49. The Labute approximate surface area is 83.7 Å². The Bertz CT molecular complexity index is 217. The van der Waals surface area contributed by atoms with Gasteiger partial charge in [-0.25, -0.2) is 8.78 Å². The van der Waals surface area contributed by atoms with Crippen LogP contribution in [0.1, 0.15) is 19.8 Å². The van der Waals surface area contributed by atoms with Crippen LogP contribution in [-0.2, 0) is 4.74 Å². The lowest BCUT2D eigenvalue weighted by molar-refractivity contribution is 0.194. The van der Waals surface area contributed by atoms with Gasteiger partial charge in [0.05, 0.1) is 0 Å². The van der Waals surface area contributed by atoms with Crippen molar-refractivity contribution in [3.8, 4) is 0 Å². The van der Waals surface area contributed by atoms with Crippen molar-refractivity contribution in [2.45, 2.75) is 19.8 Å². The van der Waals surface area contributed by atoms with Crippen molar-refractivity contribution in [1.29, 1.82) is 0 Å². The molecule has 0 aliphatic heterocycles. The Morgan fingerprint density at radius 1 is 1.21 bits per heavy atom. The summed E-state index contributed by atoms with van der Waals surface area (Å²) in [7, 11) is 1.73. The van der Waals surface area contributed by atoms with Crippen LogP contribution in [0.3, 0.4) is 0 Å². The average molecular weight is 202 g/mol. The van der Waals surface area contributed by atoms with Crippen molar-refractivity contribution in [2.75, 3.05) is 13.7 Å². The van der Waals surface area contributed by atoms with Crippen molar-refractivity contribution in [2.24, 2.45) is 0 Å². The molecule has 80 valence electrons. The highest BCUT2D eigenvalue weighted by Gasteiger charge is 1.88. The van der Waals surface area contributed by atoms with Crippen molar-refractivity contribution in [1.82, 2.24) is 0 Å². The third-order valence-corrected chi connectivity index (χ3v) is 1.49. The SMILES string of the molecule is CCCCOC.Fc1cccc(F)c1. The standard InChI is InChI=1S/C6H4F2.C5H12O/c7-5-2-1-3-6(8)4-5;1-3-4-5-6-2/h1-4H;3-5H2,1-2H3. The fourth-order valence-electron chi connectivity index (χ4n) is 0.749. The van der Waals surface area contributed by atoms with E-state index in [1.807, 2.05) is 0 Å². The molecule has 0 aliphatic rings. The molecule has 0 aliphatic carbocycles. The molecule has 1 nitrogen and oxygen atoms in total. The summed E-state index contributed by atoms with van der Waals surface area (Å²) in [6.07, 6.45) is 2.42. The predicted octanol–water partition coefficient (Wildman–Crippen LogP) is 3.40. The molecule has 0 saturated heterocycles. The number of hydrogen-bond acceptors (Lipinski definition) is 1. The van der Waals surface area contributed by atoms with Crippen LogP contribution in [-0.4, -0.2) is 13.7 Å². The molecule has 0 unspecified atom stereocenters. The molecule has 1 rings (SSSR count). The van der Waals surface area contributed by atoms with Crippen LogP contribution in [0.5, 0.6) is 0 Å². The zero-order valence-corrected chi connectivity index (χ0v) is 8.59. The van der Waals surface area contributed by atoms with E-state index in [0.717, 1.165) is 12.7 Å². The molecule has 0 spiro atoms. The van der Waals surface area contributed by atoms with Gasteiger partial charge in [0, 0.05) is 19.8 Å². The number of unbranched alkanes of at least 4 members (excludes halogenated alkanes) is 1. The molecular formula is C11H16F2O. The second-order valence-electron chi connectivity index (χ2n) is 2.79. The third kappa shape index (κ3) is 7.68. The molecule has 0 atom stereocenters. The Morgan fingerprint density at radius 3 is 2.00 bits per heavy atom. The van der Waals surface area contributed by atoms with Crippen LogP contribution in [0.2, 0.25) is 0 Å². The molecule has 0 N–H and O–H groups in total. The van der Waals surface area contributed by atoms with Gasteiger partial charge in [0.2, 0.25) is 0 Å². The lowest BCUT2D eigenvalue weighted by Gasteiger charge is -1.89. The second-order valence-corrected chi connectivity index (χ2v) is 2.79. The smallest absolute Gasteiger partial charge is 0.126 e. The molecule has 3 heteroatoms. The van der Waals surface area contributed by atoms with Gasteiger partial charge in [-0.15, -0.1) is 0 Å². The molecule has 0 amide bonds. The van der Waals surface area contributed by atoms with Gasteiger partial charge in [-0.05, 0) is 18.6 Å². The highest BCUT2D eigenvalue weighted by Crippen LogP contribution is 1.99. The molecule has 0 aromatic heterocycles. The van der Waals surface area contributed by atoms with Gasteiger partial charge in [0.25, 0.3) is 0 Å². The molecule has 0 heterocycles. The first kappa shape index (κ1) is 13.0. The number of rotatable bonds is 3. The van der Waals surface area contributed by atoms with E-state index >= 15 is 0 Å². The molecule has 0 fully saturated rings. The Morgan fingerprint density at radius 2 is 1.79 bits per heavy atom. The number of halogens is 2. The first-order valence-corrected chi connectivity index (χ1v) is 4.60. The monoisotopic (exact) mass is 202 g/mol. The zero-order chi connectivity index (χ0) is 10.8. The summed E-state index contributed by atoms with van der Waals surface area (Å²) in [5.74, 6) is -1.07. The van der Waals surface area contributed by atoms with Gasteiger partial charge in [-0.3, -0.25) is 0 Å². The molecule has 1 aromatic carbocycles. The van der Waals surface area contributed by atoms with E-state index in [-0.39, 0.29) is 0 Å². The maximum absolute atomic E-state index is 11.9. The van der Waals surface area contributed by atoms with Crippen molar-refractivity contribution < 1.29 is 13.5 Å². The maximum atomic E-state index is 11.9. The van der Waals surface area contributed by atoms with Crippen LogP contribution in [0.4, 0.5) is 8.78 Å². The van der Waals surface area contributed by atoms with E-state index in [1.54, 1.807) is 7.11 Å². The van der Waals surface area contributed by atoms with Crippen LogP contribution >= 0.6 is 0 Å². The Kier molecular flexibility index (Phi) is 8.04. The Balaban J connectivity index is 0.000000255. The van der Waals surface area contributed by atoms with Gasteiger partial charge >= 0.3 is 0 Å². The van der Waals surface area contributed by atoms with E-state index in [0.29, 0.717) is 0 Å². The molecule has 14 heavy (non-hydrogen) atoms. The summed E-state index contributed by atoms with van der Waals surface area (Å²) < 4.78 is 28.6. The van der Waals surface area contributed by atoms with Gasteiger partial charge < -0.3 is 4.74 Å². The fourth-order valence-corrected chi connectivity index (χ4v) is 0.749. The first-order valence-electron chi connectivity index (χ1n) is 4.60. The van der Waals surface area contributed by atoms with Crippen molar-refractivity contribution >= 4 is 0 Å². The van der Waals surface area contributed by atoms with Gasteiger partial charge in [0.15, 0.2) is 0 Å². The summed E-state index contributed by atoms with van der Waals surface area (Å²) in [5.41, 5.74) is 0. The number of hydrogen-bond donors (Lipinski definition) is 0.